The summed E-state index contributed by atoms with van der Waals surface area (Å²) in [7, 11) is 0. The van der Waals surface area contributed by atoms with Crippen LogP contribution in [0.1, 0.15) is 0 Å². The highest BCUT2D eigenvalue weighted by molar-refractivity contribution is 7.23. The van der Waals surface area contributed by atoms with Gasteiger partial charge in [-0.25, -0.2) is 0 Å². The summed E-state index contributed by atoms with van der Waals surface area (Å²) in [5.74, 6) is 0. The number of fused-ring (bicyclic) bond motifs is 6. The van der Waals surface area contributed by atoms with Gasteiger partial charge >= 0.3 is 0 Å². The van der Waals surface area contributed by atoms with Gasteiger partial charge in [-0.05, 0) is 39.9 Å². The fourth-order valence-electron chi connectivity index (χ4n) is 3.45. The maximum absolute atomic E-state index is 5.83. The smallest absolute Gasteiger partial charge is 0.0434 e. The second-order valence-electron chi connectivity index (χ2n) is 6.07. The van der Waals surface area contributed by atoms with Crippen molar-refractivity contribution in [2.24, 2.45) is 0 Å². The standard InChI is InChI=1S/C22H15NS/c23-15-11-9-14(10-12-15)21-13-20-18-7-2-1-5-16(18)17-6-3-4-8-19(17)22(20)24-21/h1-13H,23H2. The number of hydrogen-bond acceptors (Lipinski definition) is 2. The van der Waals surface area contributed by atoms with Crippen LogP contribution in [0, 0.1) is 0 Å². The highest BCUT2D eigenvalue weighted by Crippen LogP contribution is 2.42. The maximum Gasteiger partial charge on any atom is 0.0434 e. The first kappa shape index (κ1) is 13.6. The first-order valence-corrected chi connectivity index (χ1v) is 8.82. The third-order valence-corrected chi connectivity index (χ3v) is 5.82. The zero-order valence-electron chi connectivity index (χ0n) is 13.0. The molecule has 0 saturated carbocycles. The van der Waals surface area contributed by atoms with Crippen molar-refractivity contribution in [3.05, 3.63) is 78.9 Å². The molecule has 4 aromatic carbocycles. The number of thiophene rings is 1. The van der Waals surface area contributed by atoms with Crippen LogP contribution in [0.15, 0.2) is 78.9 Å². The molecule has 0 aliphatic heterocycles. The lowest BCUT2D eigenvalue weighted by Gasteiger charge is -2.06. The van der Waals surface area contributed by atoms with Crippen molar-refractivity contribution >= 4 is 48.7 Å². The highest BCUT2D eigenvalue weighted by atomic mass is 32.1. The number of rotatable bonds is 1. The molecule has 0 radical (unpaired) electrons. The number of hydrogen-bond donors (Lipinski definition) is 1. The average molecular weight is 325 g/mol. The molecule has 5 rings (SSSR count). The number of benzene rings is 4. The summed E-state index contributed by atoms with van der Waals surface area (Å²) >= 11 is 1.86. The molecule has 0 bridgehead atoms. The molecule has 0 aliphatic rings. The average Bonchev–Trinajstić information content (AvgIpc) is 3.08. The molecule has 1 nitrogen and oxygen atoms in total. The van der Waals surface area contributed by atoms with E-state index >= 15 is 0 Å². The Morgan fingerprint density at radius 1 is 0.583 bits per heavy atom. The molecule has 0 saturated heterocycles. The van der Waals surface area contributed by atoms with Crippen molar-refractivity contribution in [2.75, 3.05) is 5.73 Å². The maximum atomic E-state index is 5.83. The second-order valence-corrected chi connectivity index (χ2v) is 7.12. The van der Waals surface area contributed by atoms with Crippen LogP contribution in [0.2, 0.25) is 0 Å². The third-order valence-electron chi connectivity index (χ3n) is 4.61. The molecule has 24 heavy (non-hydrogen) atoms. The van der Waals surface area contributed by atoms with E-state index in [4.69, 9.17) is 5.73 Å². The Labute approximate surface area is 144 Å². The molecular weight excluding hydrogens is 310 g/mol. The van der Waals surface area contributed by atoms with E-state index in [2.05, 4.69) is 66.7 Å². The van der Waals surface area contributed by atoms with Crippen LogP contribution < -0.4 is 5.73 Å². The van der Waals surface area contributed by atoms with Gasteiger partial charge in [0.25, 0.3) is 0 Å². The normalized spacial score (nSPS) is 11.5. The van der Waals surface area contributed by atoms with Crippen molar-refractivity contribution in [3.8, 4) is 10.4 Å². The Morgan fingerprint density at radius 3 is 1.79 bits per heavy atom. The van der Waals surface area contributed by atoms with Gasteiger partial charge in [0.2, 0.25) is 0 Å². The molecule has 0 aliphatic carbocycles. The fourth-order valence-corrected chi connectivity index (χ4v) is 4.67. The fraction of sp³-hybridized carbons (Fsp3) is 0. The lowest BCUT2D eigenvalue weighted by atomic mass is 9.98. The Kier molecular flexibility index (Phi) is 2.88. The summed E-state index contributed by atoms with van der Waals surface area (Å²) in [5.41, 5.74) is 7.85. The van der Waals surface area contributed by atoms with Crippen LogP contribution in [-0.4, -0.2) is 0 Å². The topological polar surface area (TPSA) is 26.0 Å². The number of nitrogens with two attached hydrogens (primary N) is 1. The van der Waals surface area contributed by atoms with E-state index in [9.17, 15) is 0 Å². The van der Waals surface area contributed by atoms with Crippen LogP contribution in [0.25, 0.3) is 42.1 Å². The van der Waals surface area contributed by atoms with Gasteiger partial charge in [-0.15, -0.1) is 11.3 Å². The minimum absolute atomic E-state index is 0.802. The van der Waals surface area contributed by atoms with Crippen molar-refractivity contribution < 1.29 is 0 Å². The molecule has 2 heteroatoms. The van der Waals surface area contributed by atoms with Crippen molar-refractivity contribution in [2.45, 2.75) is 0 Å². The van der Waals surface area contributed by atoms with Crippen LogP contribution in [0.3, 0.4) is 0 Å². The molecule has 2 N–H and O–H groups in total. The summed E-state index contributed by atoms with van der Waals surface area (Å²) in [6.45, 7) is 0. The van der Waals surface area contributed by atoms with E-state index in [1.54, 1.807) is 0 Å². The Bertz CT molecular complexity index is 1130. The summed E-state index contributed by atoms with van der Waals surface area (Å²) in [6.07, 6.45) is 0. The molecule has 114 valence electrons. The van der Waals surface area contributed by atoms with Gasteiger partial charge in [0.15, 0.2) is 0 Å². The quantitative estimate of drug-likeness (QED) is 0.278. The largest absolute Gasteiger partial charge is 0.399 e. The van der Waals surface area contributed by atoms with Gasteiger partial charge in [-0.1, -0.05) is 60.7 Å². The van der Waals surface area contributed by atoms with E-state index in [0.717, 1.165) is 5.69 Å². The minimum Gasteiger partial charge on any atom is -0.399 e. The van der Waals surface area contributed by atoms with Crippen LogP contribution in [0.4, 0.5) is 5.69 Å². The van der Waals surface area contributed by atoms with E-state index in [0.29, 0.717) is 0 Å². The minimum atomic E-state index is 0.802. The molecule has 0 spiro atoms. The number of anilines is 1. The highest BCUT2D eigenvalue weighted by Gasteiger charge is 2.12. The Hall–Kier alpha value is -2.84. The van der Waals surface area contributed by atoms with E-state index < -0.39 is 0 Å². The monoisotopic (exact) mass is 325 g/mol. The van der Waals surface area contributed by atoms with Gasteiger partial charge in [0.1, 0.15) is 0 Å². The van der Waals surface area contributed by atoms with Gasteiger partial charge in [0, 0.05) is 26.0 Å². The summed E-state index contributed by atoms with van der Waals surface area (Å²) in [4.78, 5) is 1.28. The molecule has 0 unspecified atom stereocenters. The Balaban J connectivity index is 1.93. The van der Waals surface area contributed by atoms with Crippen LogP contribution >= 0.6 is 11.3 Å². The summed E-state index contributed by atoms with van der Waals surface area (Å²) in [5, 5.41) is 6.64. The van der Waals surface area contributed by atoms with E-state index in [-0.39, 0.29) is 0 Å². The number of nitrogen functional groups attached to an aromatic ring is 1. The molecular formula is C22H15NS. The van der Waals surface area contributed by atoms with Gasteiger partial charge in [-0.2, -0.15) is 0 Å². The third kappa shape index (κ3) is 1.93. The van der Waals surface area contributed by atoms with Crippen molar-refractivity contribution in [1.29, 1.82) is 0 Å². The second kappa shape index (κ2) is 5.08. The molecule has 0 fully saturated rings. The lowest BCUT2D eigenvalue weighted by Crippen LogP contribution is -1.82. The molecule has 0 atom stereocenters. The van der Waals surface area contributed by atoms with Gasteiger partial charge in [-0.3, -0.25) is 0 Å². The van der Waals surface area contributed by atoms with E-state index in [1.165, 1.54) is 42.1 Å². The zero-order valence-corrected chi connectivity index (χ0v) is 13.8. The molecule has 1 aromatic heterocycles. The predicted molar refractivity (Wildman–Crippen MR) is 107 cm³/mol. The molecule has 5 aromatic rings. The molecule has 0 amide bonds. The first-order chi connectivity index (χ1) is 11.8. The van der Waals surface area contributed by atoms with Crippen molar-refractivity contribution in [1.82, 2.24) is 0 Å². The lowest BCUT2D eigenvalue weighted by molar-refractivity contribution is 1.68. The van der Waals surface area contributed by atoms with Crippen LogP contribution in [-0.2, 0) is 0 Å². The van der Waals surface area contributed by atoms with Gasteiger partial charge in [0.05, 0.1) is 0 Å². The first-order valence-electron chi connectivity index (χ1n) is 8.00. The SMILES string of the molecule is Nc1ccc(-c2cc3c4ccccc4c4ccccc4c3s2)cc1. The Morgan fingerprint density at radius 2 is 1.12 bits per heavy atom. The predicted octanol–water partition coefficient (Wildman–Crippen LogP) is 6.46. The summed E-state index contributed by atoms with van der Waals surface area (Å²) < 4.78 is 1.36. The zero-order chi connectivity index (χ0) is 16.1. The summed E-state index contributed by atoms with van der Waals surface area (Å²) in [6, 6.07) is 27.8. The van der Waals surface area contributed by atoms with Crippen LogP contribution in [0.5, 0.6) is 0 Å². The van der Waals surface area contributed by atoms with Gasteiger partial charge < -0.3 is 5.73 Å². The van der Waals surface area contributed by atoms with Crippen molar-refractivity contribution in [3.63, 3.8) is 0 Å². The molecule has 1 heterocycles. The van der Waals surface area contributed by atoms with E-state index in [1.807, 2.05) is 23.5 Å².